The summed E-state index contributed by atoms with van der Waals surface area (Å²) < 4.78 is 1.08. The minimum absolute atomic E-state index is 0.0199. The van der Waals surface area contributed by atoms with E-state index in [1.807, 2.05) is 0 Å². The molecule has 2 heterocycles. The molecule has 2 aromatic rings. The molecule has 9 heteroatoms. The van der Waals surface area contributed by atoms with Crippen LogP contribution >= 0.6 is 0 Å². The summed E-state index contributed by atoms with van der Waals surface area (Å²) >= 11 is 0. The van der Waals surface area contributed by atoms with Crippen LogP contribution in [0.3, 0.4) is 0 Å². The van der Waals surface area contributed by atoms with Gasteiger partial charge in [0, 0.05) is 12.3 Å². The molecule has 0 radical (unpaired) electrons. The van der Waals surface area contributed by atoms with Crippen molar-refractivity contribution in [1.82, 2.24) is 14.8 Å². The van der Waals surface area contributed by atoms with Gasteiger partial charge in [-0.15, -0.1) is 0 Å². The van der Waals surface area contributed by atoms with Gasteiger partial charge in [0.25, 0.3) is 5.91 Å². The van der Waals surface area contributed by atoms with Crippen molar-refractivity contribution in [2.24, 2.45) is 5.73 Å². The van der Waals surface area contributed by atoms with Crippen LogP contribution < -0.4 is 11.5 Å². The molecule has 0 aliphatic heterocycles. The van der Waals surface area contributed by atoms with E-state index >= 15 is 0 Å². The van der Waals surface area contributed by atoms with Crippen LogP contribution in [0.2, 0.25) is 0 Å². The molecular weight excluding hydrogens is 240 g/mol. The number of nitrogens with two attached hydrogens (primary N) is 2. The standard InChI is InChI=1S/C9H8N6O3/c10-7-2-1-6(15(17)18)9(12-7)14-4-3-5(13-14)8(11)16/h1-4H,(H2,10,12)(H2,11,16). The number of anilines is 1. The Labute approximate surface area is 100 Å². The number of carbonyl (C=O) groups is 1. The summed E-state index contributed by atoms with van der Waals surface area (Å²) in [6.45, 7) is 0. The Kier molecular flexibility index (Phi) is 2.64. The van der Waals surface area contributed by atoms with Crippen molar-refractivity contribution < 1.29 is 9.72 Å². The van der Waals surface area contributed by atoms with E-state index in [1.165, 1.54) is 24.4 Å². The van der Waals surface area contributed by atoms with Crippen molar-refractivity contribution >= 4 is 17.4 Å². The minimum atomic E-state index is -0.736. The summed E-state index contributed by atoms with van der Waals surface area (Å²) in [4.78, 5) is 24.9. The maximum atomic E-state index is 10.9. The van der Waals surface area contributed by atoms with Gasteiger partial charge >= 0.3 is 5.69 Å². The summed E-state index contributed by atoms with van der Waals surface area (Å²) in [6.07, 6.45) is 1.34. The van der Waals surface area contributed by atoms with Crippen molar-refractivity contribution in [1.29, 1.82) is 0 Å². The lowest BCUT2D eigenvalue weighted by Gasteiger charge is -2.02. The second-order valence-corrected chi connectivity index (χ2v) is 3.35. The van der Waals surface area contributed by atoms with Crippen LogP contribution in [0.25, 0.3) is 5.82 Å². The van der Waals surface area contributed by atoms with Crippen LogP contribution in [0.5, 0.6) is 0 Å². The highest BCUT2D eigenvalue weighted by molar-refractivity contribution is 5.90. The molecule has 0 saturated heterocycles. The van der Waals surface area contributed by atoms with Gasteiger partial charge in [0.2, 0.25) is 5.82 Å². The van der Waals surface area contributed by atoms with Crippen LogP contribution in [-0.4, -0.2) is 25.6 Å². The molecule has 0 fully saturated rings. The second kappa shape index (κ2) is 4.13. The number of amides is 1. The number of rotatable bonds is 3. The van der Waals surface area contributed by atoms with E-state index < -0.39 is 10.8 Å². The molecule has 18 heavy (non-hydrogen) atoms. The average molecular weight is 248 g/mol. The van der Waals surface area contributed by atoms with Crippen molar-refractivity contribution in [2.75, 3.05) is 5.73 Å². The first-order chi connectivity index (χ1) is 8.49. The van der Waals surface area contributed by atoms with Crippen molar-refractivity contribution in [3.8, 4) is 5.82 Å². The predicted octanol–water partition coefficient (Wildman–Crippen LogP) is -0.143. The normalized spacial score (nSPS) is 10.2. The van der Waals surface area contributed by atoms with Crippen LogP contribution in [0, 0.1) is 10.1 Å². The fourth-order valence-corrected chi connectivity index (χ4v) is 1.34. The summed E-state index contributed by atoms with van der Waals surface area (Å²) in [5.41, 5.74) is 10.2. The van der Waals surface area contributed by atoms with Gasteiger partial charge in [0.15, 0.2) is 0 Å². The summed E-state index contributed by atoms with van der Waals surface area (Å²) in [6, 6.07) is 3.85. The summed E-state index contributed by atoms with van der Waals surface area (Å²) in [5.74, 6) is -0.709. The molecule has 9 nitrogen and oxygen atoms in total. The fourth-order valence-electron chi connectivity index (χ4n) is 1.34. The molecular formula is C9H8N6O3. The molecule has 0 bridgehead atoms. The van der Waals surface area contributed by atoms with E-state index in [1.54, 1.807) is 0 Å². The van der Waals surface area contributed by atoms with Crippen LogP contribution in [0.15, 0.2) is 24.4 Å². The van der Waals surface area contributed by atoms with Gasteiger partial charge in [-0.3, -0.25) is 14.9 Å². The van der Waals surface area contributed by atoms with E-state index in [-0.39, 0.29) is 23.0 Å². The molecule has 1 amide bonds. The Hall–Kier alpha value is -2.97. The molecule has 0 aromatic carbocycles. The maximum absolute atomic E-state index is 10.9. The number of hydrogen-bond donors (Lipinski definition) is 2. The first-order valence-electron chi connectivity index (χ1n) is 4.76. The maximum Gasteiger partial charge on any atom is 0.313 e. The second-order valence-electron chi connectivity index (χ2n) is 3.35. The molecule has 92 valence electrons. The number of nitro groups is 1. The van der Waals surface area contributed by atoms with E-state index in [0.29, 0.717) is 0 Å². The van der Waals surface area contributed by atoms with Gasteiger partial charge in [-0.05, 0) is 12.1 Å². The highest BCUT2D eigenvalue weighted by atomic mass is 16.6. The van der Waals surface area contributed by atoms with Crippen molar-refractivity contribution in [3.05, 3.63) is 40.2 Å². The molecule has 0 spiro atoms. The molecule has 0 unspecified atom stereocenters. The van der Waals surface area contributed by atoms with E-state index in [4.69, 9.17) is 11.5 Å². The van der Waals surface area contributed by atoms with E-state index in [0.717, 1.165) is 4.68 Å². The third-order valence-electron chi connectivity index (χ3n) is 2.13. The number of nitrogens with zero attached hydrogens (tertiary/aromatic N) is 4. The van der Waals surface area contributed by atoms with Crippen molar-refractivity contribution in [2.45, 2.75) is 0 Å². The number of nitrogen functional groups attached to an aromatic ring is 1. The fraction of sp³-hybridized carbons (Fsp3) is 0. The highest BCUT2D eigenvalue weighted by Gasteiger charge is 2.18. The number of primary amides is 1. The van der Waals surface area contributed by atoms with Crippen LogP contribution in [-0.2, 0) is 0 Å². The summed E-state index contributed by atoms with van der Waals surface area (Å²) in [7, 11) is 0. The number of aromatic nitrogens is 3. The minimum Gasteiger partial charge on any atom is -0.384 e. The lowest BCUT2D eigenvalue weighted by molar-refractivity contribution is -0.384. The molecule has 2 rings (SSSR count). The van der Waals surface area contributed by atoms with Gasteiger partial charge in [0.05, 0.1) is 4.92 Å². The molecule has 0 saturated carbocycles. The van der Waals surface area contributed by atoms with Gasteiger partial charge < -0.3 is 11.5 Å². The highest BCUT2D eigenvalue weighted by Crippen LogP contribution is 2.21. The monoisotopic (exact) mass is 248 g/mol. The Balaban J connectivity index is 2.57. The zero-order valence-electron chi connectivity index (χ0n) is 8.98. The summed E-state index contributed by atoms with van der Waals surface area (Å²) in [5, 5.41) is 14.6. The van der Waals surface area contributed by atoms with Crippen LogP contribution in [0.4, 0.5) is 11.5 Å². The smallest absolute Gasteiger partial charge is 0.313 e. The van der Waals surface area contributed by atoms with Crippen molar-refractivity contribution in [3.63, 3.8) is 0 Å². The first-order valence-corrected chi connectivity index (χ1v) is 4.76. The molecule has 4 N–H and O–H groups in total. The zero-order valence-corrected chi connectivity index (χ0v) is 8.98. The molecule has 0 atom stereocenters. The van der Waals surface area contributed by atoms with Gasteiger partial charge in [-0.25, -0.2) is 9.67 Å². The van der Waals surface area contributed by atoms with Gasteiger partial charge in [-0.2, -0.15) is 5.10 Å². The lowest BCUT2D eigenvalue weighted by Crippen LogP contribution is -2.13. The van der Waals surface area contributed by atoms with E-state index in [2.05, 4.69) is 10.1 Å². The molecule has 2 aromatic heterocycles. The Bertz CT molecular complexity index is 635. The van der Waals surface area contributed by atoms with E-state index in [9.17, 15) is 14.9 Å². The first kappa shape index (κ1) is 11.5. The number of pyridine rings is 1. The third-order valence-corrected chi connectivity index (χ3v) is 2.13. The Morgan fingerprint density at radius 3 is 2.67 bits per heavy atom. The molecule has 0 aliphatic carbocycles. The average Bonchev–Trinajstić information content (AvgIpc) is 2.77. The predicted molar refractivity (Wildman–Crippen MR) is 60.9 cm³/mol. The SMILES string of the molecule is NC(=O)c1ccn(-c2nc(N)ccc2[N+](=O)[O-])n1. The van der Waals surface area contributed by atoms with Gasteiger partial charge in [-0.1, -0.05) is 0 Å². The van der Waals surface area contributed by atoms with Crippen LogP contribution in [0.1, 0.15) is 10.5 Å². The Morgan fingerprint density at radius 1 is 1.39 bits per heavy atom. The number of carbonyl (C=O) groups excluding carboxylic acids is 1. The molecule has 0 aliphatic rings. The third kappa shape index (κ3) is 1.96. The largest absolute Gasteiger partial charge is 0.384 e. The van der Waals surface area contributed by atoms with Gasteiger partial charge in [0.1, 0.15) is 11.5 Å². The Morgan fingerprint density at radius 2 is 2.11 bits per heavy atom. The quantitative estimate of drug-likeness (QED) is 0.571. The number of hydrogen-bond acceptors (Lipinski definition) is 6. The topological polar surface area (TPSA) is 143 Å². The zero-order chi connectivity index (χ0) is 13.3. The lowest BCUT2D eigenvalue weighted by atomic mass is 10.4.